The van der Waals surface area contributed by atoms with Gasteiger partial charge in [-0.2, -0.15) is 0 Å². The molecule has 1 aliphatic rings. The van der Waals surface area contributed by atoms with Crippen LogP contribution in [-0.2, 0) is 0 Å². The average molecular weight is 260 g/mol. The highest BCUT2D eigenvalue weighted by atomic mass is 16.1. The Kier molecular flexibility index (Phi) is 4.72. The van der Waals surface area contributed by atoms with Crippen molar-refractivity contribution in [2.24, 2.45) is 0 Å². The van der Waals surface area contributed by atoms with Crippen LogP contribution in [0.15, 0.2) is 18.2 Å². The number of benzene rings is 1. The zero-order valence-electron chi connectivity index (χ0n) is 12.2. The Labute approximate surface area is 116 Å². The van der Waals surface area contributed by atoms with E-state index in [1.807, 2.05) is 18.2 Å². The van der Waals surface area contributed by atoms with E-state index in [0.29, 0.717) is 12.5 Å². The highest BCUT2D eigenvalue weighted by Crippen LogP contribution is 2.14. The van der Waals surface area contributed by atoms with Gasteiger partial charge in [-0.05, 0) is 38.0 Å². The van der Waals surface area contributed by atoms with Gasteiger partial charge >= 0.3 is 0 Å². The number of carbonyl (C=O) groups excluding carboxylic acids is 1. The number of nitrogens with zero attached hydrogens (tertiary/aromatic N) is 1. The molecule has 0 amide bonds. The molecule has 2 rings (SSSR count). The van der Waals surface area contributed by atoms with Crippen LogP contribution >= 0.6 is 0 Å². The smallest absolute Gasteiger partial charge is 0.164 e. The van der Waals surface area contributed by atoms with Crippen LogP contribution in [0, 0.1) is 13.8 Å². The molecule has 0 bridgehead atoms. The first-order chi connectivity index (χ1) is 9.08. The largest absolute Gasteiger partial charge is 0.314 e. The van der Waals surface area contributed by atoms with Crippen molar-refractivity contribution in [2.45, 2.75) is 33.2 Å². The number of hydrogen-bond donors (Lipinski definition) is 1. The van der Waals surface area contributed by atoms with Crippen molar-refractivity contribution in [1.82, 2.24) is 10.2 Å². The molecular formula is C16H24N2O. The number of carbonyl (C=O) groups is 1. The average Bonchev–Trinajstić information content (AvgIpc) is 2.42. The summed E-state index contributed by atoms with van der Waals surface area (Å²) in [6, 6.07) is 6.34. The van der Waals surface area contributed by atoms with E-state index in [0.717, 1.165) is 31.7 Å². The Morgan fingerprint density at radius 1 is 1.26 bits per heavy atom. The van der Waals surface area contributed by atoms with Gasteiger partial charge in [0.25, 0.3) is 0 Å². The van der Waals surface area contributed by atoms with Gasteiger partial charge in [-0.25, -0.2) is 0 Å². The van der Waals surface area contributed by atoms with Gasteiger partial charge in [-0.15, -0.1) is 0 Å². The van der Waals surface area contributed by atoms with Crippen LogP contribution in [0.25, 0.3) is 0 Å². The van der Waals surface area contributed by atoms with Crippen molar-refractivity contribution >= 4 is 5.78 Å². The first kappa shape index (κ1) is 14.2. The van der Waals surface area contributed by atoms with E-state index in [4.69, 9.17) is 0 Å². The van der Waals surface area contributed by atoms with Gasteiger partial charge in [0.05, 0.1) is 0 Å². The second kappa shape index (κ2) is 6.31. The monoisotopic (exact) mass is 260 g/mol. The van der Waals surface area contributed by atoms with Crippen LogP contribution in [0.3, 0.4) is 0 Å². The molecule has 3 heteroatoms. The van der Waals surface area contributed by atoms with E-state index in [-0.39, 0.29) is 5.78 Å². The quantitative estimate of drug-likeness (QED) is 0.842. The molecule has 0 aromatic heterocycles. The molecule has 1 unspecified atom stereocenters. The fraction of sp³-hybridized carbons (Fsp3) is 0.562. The maximum Gasteiger partial charge on any atom is 0.164 e. The van der Waals surface area contributed by atoms with Gasteiger partial charge in [-0.1, -0.05) is 12.1 Å². The van der Waals surface area contributed by atoms with Crippen molar-refractivity contribution in [2.75, 3.05) is 26.2 Å². The molecule has 0 saturated carbocycles. The summed E-state index contributed by atoms with van der Waals surface area (Å²) >= 11 is 0. The molecule has 1 N–H and O–H groups in total. The van der Waals surface area contributed by atoms with Crippen molar-refractivity contribution in [1.29, 1.82) is 0 Å². The molecule has 1 fully saturated rings. The number of piperazine rings is 1. The van der Waals surface area contributed by atoms with Crippen LogP contribution in [0.1, 0.15) is 34.8 Å². The van der Waals surface area contributed by atoms with Gasteiger partial charge in [-0.3, -0.25) is 9.69 Å². The van der Waals surface area contributed by atoms with Crippen molar-refractivity contribution < 1.29 is 4.79 Å². The number of rotatable bonds is 4. The molecule has 1 saturated heterocycles. The van der Waals surface area contributed by atoms with Crippen molar-refractivity contribution in [3.05, 3.63) is 34.9 Å². The molecule has 104 valence electrons. The van der Waals surface area contributed by atoms with Gasteiger partial charge < -0.3 is 5.32 Å². The maximum absolute atomic E-state index is 12.3. The van der Waals surface area contributed by atoms with Crippen LogP contribution in [0.2, 0.25) is 0 Å². The van der Waals surface area contributed by atoms with Gasteiger partial charge in [0.15, 0.2) is 5.78 Å². The first-order valence-corrected chi connectivity index (χ1v) is 7.13. The second-order valence-electron chi connectivity index (χ2n) is 5.56. The Morgan fingerprint density at radius 2 is 1.95 bits per heavy atom. The highest BCUT2D eigenvalue weighted by molar-refractivity contribution is 5.96. The Morgan fingerprint density at radius 3 is 2.58 bits per heavy atom. The summed E-state index contributed by atoms with van der Waals surface area (Å²) in [6.07, 6.45) is 0.614. The molecule has 1 aromatic rings. The highest BCUT2D eigenvalue weighted by Gasteiger charge is 2.19. The Hall–Kier alpha value is -1.19. The molecule has 1 aliphatic heterocycles. The van der Waals surface area contributed by atoms with Crippen LogP contribution < -0.4 is 5.32 Å². The van der Waals surface area contributed by atoms with Gasteiger partial charge in [0, 0.05) is 44.2 Å². The SMILES string of the molecule is Cc1ccc(C(=O)CC(C)N2CCNCC2)cc1C. The molecule has 0 spiro atoms. The second-order valence-corrected chi connectivity index (χ2v) is 5.56. The van der Waals surface area contributed by atoms with Crippen LogP contribution in [0.4, 0.5) is 0 Å². The number of Topliss-reactive ketones (excluding diaryl/α,β-unsaturated/α-hetero) is 1. The van der Waals surface area contributed by atoms with E-state index >= 15 is 0 Å². The minimum absolute atomic E-state index is 0.258. The Balaban J connectivity index is 1.97. The topological polar surface area (TPSA) is 32.3 Å². The molecular weight excluding hydrogens is 236 g/mol. The standard InChI is InChI=1S/C16H24N2O/c1-12-4-5-15(10-13(12)2)16(19)11-14(3)18-8-6-17-7-9-18/h4-5,10,14,17H,6-9,11H2,1-3H3. The summed E-state index contributed by atoms with van der Waals surface area (Å²) in [7, 11) is 0. The molecule has 3 nitrogen and oxygen atoms in total. The predicted molar refractivity (Wildman–Crippen MR) is 78.8 cm³/mol. The first-order valence-electron chi connectivity index (χ1n) is 7.13. The lowest BCUT2D eigenvalue weighted by molar-refractivity contribution is 0.0918. The van der Waals surface area contributed by atoms with Gasteiger partial charge in [0.2, 0.25) is 0 Å². The molecule has 1 aromatic carbocycles. The van der Waals surface area contributed by atoms with Crippen molar-refractivity contribution in [3.63, 3.8) is 0 Å². The van der Waals surface area contributed by atoms with Crippen molar-refractivity contribution in [3.8, 4) is 0 Å². The summed E-state index contributed by atoms with van der Waals surface area (Å²) in [5.41, 5.74) is 3.29. The van der Waals surface area contributed by atoms with Crippen LogP contribution in [0.5, 0.6) is 0 Å². The fourth-order valence-electron chi connectivity index (χ4n) is 2.55. The number of aryl methyl sites for hydroxylation is 2. The molecule has 1 atom stereocenters. The van der Waals surface area contributed by atoms with E-state index in [1.54, 1.807) is 0 Å². The lowest BCUT2D eigenvalue weighted by Gasteiger charge is -2.32. The van der Waals surface area contributed by atoms with Crippen LogP contribution in [-0.4, -0.2) is 42.9 Å². The minimum Gasteiger partial charge on any atom is -0.314 e. The molecule has 1 heterocycles. The predicted octanol–water partition coefficient (Wildman–Crippen LogP) is 2.17. The number of ketones is 1. The Bertz CT molecular complexity index is 450. The van der Waals surface area contributed by atoms with E-state index in [1.165, 1.54) is 11.1 Å². The normalized spacial score (nSPS) is 18.3. The van der Waals surface area contributed by atoms with E-state index < -0.39 is 0 Å². The zero-order chi connectivity index (χ0) is 13.8. The molecule has 0 radical (unpaired) electrons. The van der Waals surface area contributed by atoms with E-state index in [2.05, 4.69) is 31.0 Å². The summed E-state index contributed by atoms with van der Waals surface area (Å²) in [5, 5.41) is 3.34. The molecule has 0 aliphatic carbocycles. The fourth-order valence-corrected chi connectivity index (χ4v) is 2.55. The maximum atomic E-state index is 12.3. The third-order valence-corrected chi connectivity index (χ3v) is 4.08. The molecule has 19 heavy (non-hydrogen) atoms. The summed E-state index contributed by atoms with van der Waals surface area (Å²) in [5.74, 6) is 0.258. The number of nitrogens with one attached hydrogen (secondary N) is 1. The third kappa shape index (κ3) is 3.64. The van der Waals surface area contributed by atoms with E-state index in [9.17, 15) is 4.79 Å². The lowest BCUT2D eigenvalue weighted by Crippen LogP contribution is -2.48. The minimum atomic E-state index is 0.258. The summed E-state index contributed by atoms with van der Waals surface area (Å²) in [4.78, 5) is 14.7. The lowest BCUT2D eigenvalue weighted by atomic mass is 9.99. The number of hydrogen-bond acceptors (Lipinski definition) is 3. The summed E-state index contributed by atoms with van der Waals surface area (Å²) in [6.45, 7) is 10.4. The zero-order valence-corrected chi connectivity index (χ0v) is 12.2. The third-order valence-electron chi connectivity index (χ3n) is 4.08. The summed E-state index contributed by atoms with van der Waals surface area (Å²) < 4.78 is 0. The van der Waals surface area contributed by atoms with Gasteiger partial charge in [0.1, 0.15) is 0 Å².